The molecule has 24 heavy (non-hydrogen) atoms. The van der Waals surface area contributed by atoms with E-state index >= 15 is 0 Å². The van der Waals surface area contributed by atoms with E-state index in [1.54, 1.807) is 23.5 Å². The normalized spacial score (nSPS) is 16.8. The molecule has 0 saturated carbocycles. The zero-order valence-corrected chi connectivity index (χ0v) is 15.1. The molecular weight excluding hydrogens is 348 g/mol. The predicted octanol–water partition coefficient (Wildman–Crippen LogP) is 3.36. The standard InChI is InChI=1S/C17H19ClN2O3S/c1-10(2)23-15(21)8-22-14-4-3-11(18)7-12(14)16-17-13(5-6-19-16)20-9-24-17/h3-4,7,9-10,16,19H,5-6,8H2,1-2H3. The fourth-order valence-electron chi connectivity index (χ4n) is 2.69. The SMILES string of the molecule is CC(C)OC(=O)COc1ccc(Cl)cc1C1NCCc2ncsc21. The lowest BCUT2D eigenvalue weighted by molar-refractivity contribution is -0.149. The van der Waals surface area contributed by atoms with E-state index in [4.69, 9.17) is 21.1 Å². The van der Waals surface area contributed by atoms with E-state index in [9.17, 15) is 4.79 Å². The highest BCUT2D eigenvalue weighted by Crippen LogP contribution is 2.37. The van der Waals surface area contributed by atoms with Crippen LogP contribution in [0.2, 0.25) is 5.02 Å². The minimum atomic E-state index is -0.388. The molecule has 5 nitrogen and oxygen atoms in total. The number of carbonyl (C=O) groups excluding carboxylic acids is 1. The molecule has 1 aliphatic rings. The summed E-state index contributed by atoms with van der Waals surface area (Å²) in [6, 6.07) is 5.38. The molecule has 1 aromatic heterocycles. The van der Waals surface area contributed by atoms with Crippen molar-refractivity contribution in [1.82, 2.24) is 10.3 Å². The van der Waals surface area contributed by atoms with Crippen LogP contribution < -0.4 is 10.1 Å². The van der Waals surface area contributed by atoms with Gasteiger partial charge in [0.05, 0.1) is 23.4 Å². The highest BCUT2D eigenvalue weighted by Gasteiger charge is 2.26. The van der Waals surface area contributed by atoms with Crippen LogP contribution in [0, 0.1) is 0 Å². The molecule has 1 unspecified atom stereocenters. The van der Waals surface area contributed by atoms with Gasteiger partial charge in [-0.1, -0.05) is 11.6 Å². The first-order valence-electron chi connectivity index (χ1n) is 7.82. The third-order valence-electron chi connectivity index (χ3n) is 3.64. The largest absolute Gasteiger partial charge is 0.482 e. The lowest BCUT2D eigenvalue weighted by atomic mass is 9.99. The molecule has 1 aromatic carbocycles. The van der Waals surface area contributed by atoms with Crippen molar-refractivity contribution >= 4 is 28.9 Å². The minimum absolute atomic E-state index is 0.0314. The molecule has 0 spiro atoms. The van der Waals surface area contributed by atoms with Gasteiger partial charge in [-0.3, -0.25) is 0 Å². The van der Waals surface area contributed by atoms with E-state index in [0.29, 0.717) is 10.8 Å². The van der Waals surface area contributed by atoms with Crippen molar-refractivity contribution in [3.63, 3.8) is 0 Å². The lowest BCUT2D eigenvalue weighted by Gasteiger charge is -2.25. The molecule has 0 bridgehead atoms. The molecule has 0 fully saturated rings. The van der Waals surface area contributed by atoms with E-state index in [2.05, 4.69) is 10.3 Å². The summed E-state index contributed by atoms with van der Waals surface area (Å²) in [5, 5.41) is 4.11. The molecular formula is C17H19ClN2O3S. The van der Waals surface area contributed by atoms with E-state index < -0.39 is 0 Å². The summed E-state index contributed by atoms with van der Waals surface area (Å²) < 4.78 is 10.8. The number of nitrogens with one attached hydrogen (secondary N) is 1. The maximum atomic E-state index is 11.7. The van der Waals surface area contributed by atoms with Crippen LogP contribution in [-0.2, 0) is 16.0 Å². The van der Waals surface area contributed by atoms with Crippen LogP contribution >= 0.6 is 22.9 Å². The van der Waals surface area contributed by atoms with Crippen molar-refractivity contribution in [2.45, 2.75) is 32.4 Å². The van der Waals surface area contributed by atoms with E-state index in [0.717, 1.165) is 29.1 Å². The Morgan fingerprint density at radius 3 is 3.12 bits per heavy atom. The minimum Gasteiger partial charge on any atom is -0.482 e. The summed E-state index contributed by atoms with van der Waals surface area (Å²) in [6.45, 7) is 4.32. The van der Waals surface area contributed by atoms with Gasteiger partial charge in [0.25, 0.3) is 0 Å². The number of halogens is 1. The number of fused-ring (bicyclic) bond motifs is 1. The van der Waals surface area contributed by atoms with Gasteiger partial charge in [-0.2, -0.15) is 0 Å². The van der Waals surface area contributed by atoms with Crippen LogP contribution in [0.5, 0.6) is 5.75 Å². The number of thiazole rings is 1. The van der Waals surface area contributed by atoms with Gasteiger partial charge in [-0.25, -0.2) is 9.78 Å². The molecule has 128 valence electrons. The molecule has 2 heterocycles. The molecule has 0 amide bonds. The average molecular weight is 367 g/mol. The smallest absolute Gasteiger partial charge is 0.344 e. The third kappa shape index (κ3) is 3.88. The molecule has 1 N–H and O–H groups in total. The molecule has 0 saturated heterocycles. The Kier molecular flexibility index (Phi) is 5.38. The van der Waals surface area contributed by atoms with Crippen LogP contribution in [0.1, 0.15) is 36.0 Å². The van der Waals surface area contributed by atoms with E-state index in [-0.39, 0.29) is 24.7 Å². The predicted molar refractivity (Wildman–Crippen MR) is 93.8 cm³/mol. The molecule has 7 heteroatoms. The third-order valence-corrected chi connectivity index (χ3v) is 4.81. The summed E-state index contributed by atoms with van der Waals surface area (Å²) in [6.07, 6.45) is 0.748. The summed E-state index contributed by atoms with van der Waals surface area (Å²) in [5.74, 6) is 0.236. The summed E-state index contributed by atoms with van der Waals surface area (Å²) in [4.78, 5) is 17.3. The van der Waals surface area contributed by atoms with Crippen molar-refractivity contribution in [3.8, 4) is 5.75 Å². The second kappa shape index (κ2) is 7.51. The zero-order valence-electron chi connectivity index (χ0n) is 13.5. The summed E-state index contributed by atoms with van der Waals surface area (Å²) in [5.41, 5.74) is 3.87. The molecule has 2 aromatic rings. The Hall–Kier alpha value is -1.63. The topological polar surface area (TPSA) is 60.5 Å². The quantitative estimate of drug-likeness (QED) is 0.822. The number of ether oxygens (including phenoxy) is 2. The molecule has 1 aliphatic heterocycles. The first-order chi connectivity index (χ1) is 11.5. The highest BCUT2D eigenvalue weighted by atomic mass is 35.5. The summed E-state index contributed by atoms with van der Waals surface area (Å²) in [7, 11) is 0. The maximum Gasteiger partial charge on any atom is 0.344 e. The fourth-order valence-corrected chi connectivity index (χ4v) is 3.80. The Bertz CT molecular complexity index is 732. The first kappa shape index (κ1) is 17.2. The maximum absolute atomic E-state index is 11.7. The second-order valence-electron chi connectivity index (χ2n) is 5.81. The van der Waals surface area contributed by atoms with E-state index in [1.165, 1.54) is 0 Å². The van der Waals surface area contributed by atoms with Crippen LogP contribution in [0.15, 0.2) is 23.7 Å². The van der Waals surface area contributed by atoms with Gasteiger partial charge in [0.1, 0.15) is 5.75 Å². The van der Waals surface area contributed by atoms with Crippen LogP contribution in [0.3, 0.4) is 0 Å². The number of hydrogen-bond acceptors (Lipinski definition) is 6. The van der Waals surface area contributed by atoms with Crippen molar-refractivity contribution in [3.05, 3.63) is 44.9 Å². The van der Waals surface area contributed by atoms with Crippen LogP contribution in [0.4, 0.5) is 0 Å². The van der Waals surface area contributed by atoms with Crippen molar-refractivity contribution in [2.75, 3.05) is 13.2 Å². The van der Waals surface area contributed by atoms with Gasteiger partial charge in [-0.05, 0) is 32.0 Å². The van der Waals surface area contributed by atoms with E-state index in [1.807, 2.05) is 25.4 Å². The van der Waals surface area contributed by atoms with Gasteiger partial charge in [-0.15, -0.1) is 11.3 Å². The van der Waals surface area contributed by atoms with Crippen LogP contribution in [-0.4, -0.2) is 30.2 Å². The van der Waals surface area contributed by atoms with Gasteiger partial charge in [0.2, 0.25) is 0 Å². The van der Waals surface area contributed by atoms with Crippen molar-refractivity contribution < 1.29 is 14.3 Å². The molecule has 0 aliphatic carbocycles. The zero-order chi connectivity index (χ0) is 17.1. The number of hydrogen-bond donors (Lipinski definition) is 1. The number of rotatable bonds is 5. The Balaban J connectivity index is 1.84. The number of benzene rings is 1. The number of aromatic nitrogens is 1. The molecule has 0 radical (unpaired) electrons. The first-order valence-corrected chi connectivity index (χ1v) is 9.07. The molecule has 3 rings (SSSR count). The highest BCUT2D eigenvalue weighted by molar-refractivity contribution is 7.09. The lowest BCUT2D eigenvalue weighted by Crippen LogP contribution is -2.30. The fraction of sp³-hybridized carbons (Fsp3) is 0.412. The van der Waals surface area contributed by atoms with Gasteiger partial charge in [0, 0.05) is 28.4 Å². The number of carbonyl (C=O) groups is 1. The van der Waals surface area contributed by atoms with Gasteiger partial charge >= 0.3 is 5.97 Å². The van der Waals surface area contributed by atoms with Crippen molar-refractivity contribution in [1.29, 1.82) is 0 Å². The van der Waals surface area contributed by atoms with Crippen LogP contribution in [0.25, 0.3) is 0 Å². The Morgan fingerprint density at radius 2 is 2.33 bits per heavy atom. The van der Waals surface area contributed by atoms with Crippen molar-refractivity contribution in [2.24, 2.45) is 0 Å². The van der Waals surface area contributed by atoms with Gasteiger partial charge in [0.15, 0.2) is 6.61 Å². The Morgan fingerprint density at radius 1 is 1.50 bits per heavy atom. The average Bonchev–Trinajstić information content (AvgIpc) is 3.01. The monoisotopic (exact) mass is 366 g/mol. The van der Waals surface area contributed by atoms with Gasteiger partial charge < -0.3 is 14.8 Å². The number of nitrogens with zero attached hydrogens (tertiary/aromatic N) is 1. The number of esters is 1. The molecule has 1 atom stereocenters. The summed E-state index contributed by atoms with van der Waals surface area (Å²) >= 11 is 7.79. The second-order valence-corrected chi connectivity index (χ2v) is 7.13. The Labute approximate surface area is 150 Å².